The van der Waals surface area contributed by atoms with Crippen molar-refractivity contribution in [3.8, 4) is 16.9 Å². The maximum absolute atomic E-state index is 11.5. The minimum Gasteiger partial charge on any atom is -0.488 e. The number of pyridine rings is 1. The van der Waals surface area contributed by atoms with Crippen molar-refractivity contribution in [2.75, 3.05) is 11.9 Å². The Morgan fingerprint density at radius 2 is 2.25 bits per heavy atom. The summed E-state index contributed by atoms with van der Waals surface area (Å²) >= 11 is 0. The van der Waals surface area contributed by atoms with Crippen molar-refractivity contribution >= 4 is 11.6 Å². The average Bonchev–Trinajstić information content (AvgIpc) is 2.47. The Morgan fingerprint density at radius 3 is 3.10 bits per heavy atom. The highest BCUT2D eigenvalue weighted by molar-refractivity contribution is 5.91. The standard InChI is InChI=1S/C15H14N2O3/c18-6-4-15(19)17-11-1-2-13-12-3-5-16-8-10(12)9-20-14(13)7-11/h1-3,5,7-8,18H,4,6,9H2,(H,17,19). The second-order valence-electron chi connectivity index (χ2n) is 4.55. The van der Waals surface area contributed by atoms with Crippen molar-refractivity contribution in [1.82, 2.24) is 4.98 Å². The van der Waals surface area contributed by atoms with Crippen LogP contribution in [0.1, 0.15) is 12.0 Å². The van der Waals surface area contributed by atoms with Gasteiger partial charge in [-0.3, -0.25) is 9.78 Å². The zero-order valence-electron chi connectivity index (χ0n) is 10.8. The molecule has 1 aromatic carbocycles. The second kappa shape index (κ2) is 5.30. The smallest absolute Gasteiger partial charge is 0.226 e. The monoisotopic (exact) mass is 270 g/mol. The number of aliphatic hydroxyl groups excluding tert-OH is 1. The summed E-state index contributed by atoms with van der Waals surface area (Å²) in [5.74, 6) is 0.526. The number of amides is 1. The number of rotatable bonds is 3. The molecule has 1 aromatic heterocycles. The van der Waals surface area contributed by atoms with Gasteiger partial charge < -0.3 is 15.2 Å². The number of benzene rings is 1. The van der Waals surface area contributed by atoms with Gasteiger partial charge in [-0.1, -0.05) is 0 Å². The number of hydrogen-bond acceptors (Lipinski definition) is 4. The van der Waals surface area contributed by atoms with Gasteiger partial charge in [-0.2, -0.15) is 0 Å². The van der Waals surface area contributed by atoms with Gasteiger partial charge >= 0.3 is 0 Å². The summed E-state index contributed by atoms with van der Waals surface area (Å²) in [7, 11) is 0. The first-order valence-corrected chi connectivity index (χ1v) is 6.39. The van der Waals surface area contributed by atoms with Gasteiger partial charge in [-0.05, 0) is 23.8 Å². The van der Waals surface area contributed by atoms with Crippen LogP contribution in [0.5, 0.6) is 5.75 Å². The predicted octanol–water partition coefficient (Wildman–Crippen LogP) is 1.96. The molecule has 1 aliphatic heterocycles. The summed E-state index contributed by atoms with van der Waals surface area (Å²) in [6.45, 7) is 0.317. The molecule has 0 unspecified atom stereocenters. The third-order valence-electron chi connectivity index (χ3n) is 3.18. The summed E-state index contributed by atoms with van der Waals surface area (Å²) in [6.07, 6.45) is 3.65. The average molecular weight is 270 g/mol. The van der Waals surface area contributed by atoms with E-state index in [9.17, 15) is 4.79 Å². The fourth-order valence-electron chi connectivity index (χ4n) is 2.23. The third kappa shape index (κ3) is 2.35. The number of hydrogen-bond donors (Lipinski definition) is 2. The summed E-state index contributed by atoms with van der Waals surface area (Å²) in [6, 6.07) is 7.50. The highest BCUT2D eigenvalue weighted by atomic mass is 16.5. The molecule has 0 atom stereocenters. The Morgan fingerprint density at radius 1 is 1.35 bits per heavy atom. The van der Waals surface area contributed by atoms with Crippen molar-refractivity contribution in [1.29, 1.82) is 0 Å². The van der Waals surface area contributed by atoms with Crippen LogP contribution in [0.25, 0.3) is 11.1 Å². The maximum Gasteiger partial charge on any atom is 0.226 e. The highest BCUT2D eigenvalue weighted by Gasteiger charge is 2.17. The van der Waals surface area contributed by atoms with Crippen LogP contribution in [0.4, 0.5) is 5.69 Å². The maximum atomic E-state index is 11.5. The van der Waals surface area contributed by atoms with Crippen molar-refractivity contribution in [3.63, 3.8) is 0 Å². The van der Waals surface area contributed by atoms with Crippen LogP contribution in [0.15, 0.2) is 36.7 Å². The Kier molecular flexibility index (Phi) is 3.35. The number of fused-ring (bicyclic) bond motifs is 3. The van der Waals surface area contributed by atoms with E-state index in [1.807, 2.05) is 18.2 Å². The summed E-state index contributed by atoms with van der Waals surface area (Å²) < 4.78 is 5.69. The minimum atomic E-state index is -0.215. The quantitative estimate of drug-likeness (QED) is 0.894. The number of nitrogens with one attached hydrogen (secondary N) is 1. The van der Waals surface area contributed by atoms with Gasteiger partial charge in [0.25, 0.3) is 0 Å². The fourth-order valence-corrected chi connectivity index (χ4v) is 2.23. The lowest BCUT2D eigenvalue weighted by Gasteiger charge is -2.21. The Labute approximate surface area is 116 Å². The van der Waals surface area contributed by atoms with Gasteiger partial charge in [0, 0.05) is 35.3 Å². The van der Waals surface area contributed by atoms with E-state index in [2.05, 4.69) is 10.3 Å². The van der Waals surface area contributed by atoms with E-state index in [1.165, 1.54) is 0 Å². The number of nitrogens with zero attached hydrogens (tertiary/aromatic N) is 1. The molecule has 0 saturated heterocycles. The molecule has 0 radical (unpaired) electrons. The van der Waals surface area contributed by atoms with Gasteiger partial charge in [-0.15, -0.1) is 0 Å². The molecule has 0 spiro atoms. The molecule has 5 nitrogen and oxygen atoms in total. The number of carbonyl (C=O) groups excluding carboxylic acids is 1. The lowest BCUT2D eigenvalue weighted by atomic mass is 9.98. The van der Waals surface area contributed by atoms with Crippen LogP contribution in [-0.4, -0.2) is 22.6 Å². The summed E-state index contributed by atoms with van der Waals surface area (Å²) in [4.78, 5) is 15.5. The van der Waals surface area contributed by atoms with Crippen LogP contribution in [0.2, 0.25) is 0 Å². The lowest BCUT2D eigenvalue weighted by Crippen LogP contribution is -2.13. The molecular weight excluding hydrogens is 256 g/mol. The molecule has 0 fully saturated rings. The normalized spacial score (nSPS) is 12.1. The topological polar surface area (TPSA) is 71.5 Å². The molecule has 0 aliphatic carbocycles. The van der Waals surface area contributed by atoms with Gasteiger partial charge in [-0.25, -0.2) is 0 Å². The third-order valence-corrected chi connectivity index (χ3v) is 3.18. The van der Waals surface area contributed by atoms with E-state index in [0.29, 0.717) is 12.3 Å². The number of carbonyl (C=O) groups is 1. The van der Waals surface area contributed by atoms with E-state index in [-0.39, 0.29) is 18.9 Å². The molecule has 5 heteroatoms. The van der Waals surface area contributed by atoms with Gasteiger partial charge in [0.05, 0.1) is 13.0 Å². The van der Waals surface area contributed by atoms with E-state index >= 15 is 0 Å². The van der Waals surface area contributed by atoms with Crippen molar-refractivity contribution in [3.05, 3.63) is 42.2 Å². The number of ether oxygens (including phenoxy) is 1. The first-order valence-electron chi connectivity index (χ1n) is 6.39. The van der Waals surface area contributed by atoms with Gasteiger partial charge in [0.1, 0.15) is 12.4 Å². The molecule has 2 heterocycles. The molecule has 2 N–H and O–H groups in total. The zero-order chi connectivity index (χ0) is 13.9. The van der Waals surface area contributed by atoms with Gasteiger partial charge in [0.2, 0.25) is 5.91 Å². The van der Waals surface area contributed by atoms with E-state index < -0.39 is 0 Å². The Hall–Kier alpha value is -2.40. The molecule has 0 saturated carbocycles. The molecule has 1 amide bonds. The summed E-state index contributed by atoms with van der Waals surface area (Å²) in [5, 5.41) is 11.5. The van der Waals surface area contributed by atoms with Crippen molar-refractivity contribution < 1.29 is 14.6 Å². The first kappa shape index (κ1) is 12.6. The number of aliphatic hydroxyl groups is 1. The largest absolute Gasteiger partial charge is 0.488 e. The van der Waals surface area contributed by atoms with Crippen LogP contribution in [0, 0.1) is 0 Å². The molecule has 0 bridgehead atoms. The minimum absolute atomic E-state index is 0.0897. The van der Waals surface area contributed by atoms with E-state index in [0.717, 1.165) is 22.4 Å². The van der Waals surface area contributed by atoms with Crippen LogP contribution >= 0.6 is 0 Å². The zero-order valence-corrected chi connectivity index (χ0v) is 10.8. The Balaban J connectivity index is 1.90. The molecule has 3 rings (SSSR count). The van der Waals surface area contributed by atoms with Crippen LogP contribution in [0.3, 0.4) is 0 Å². The first-order chi connectivity index (χ1) is 9.78. The fraction of sp³-hybridized carbons (Fsp3) is 0.200. The lowest BCUT2D eigenvalue weighted by molar-refractivity contribution is -0.116. The molecule has 2 aromatic rings. The summed E-state index contributed by atoms with van der Waals surface area (Å²) in [5.41, 5.74) is 3.82. The van der Waals surface area contributed by atoms with Crippen LogP contribution < -0.4 is 10.1 Å². The second-order valence-corrected chi connectivity index (χ2v) is 4.55. The highest BCUT2D eigenvalue weighted by Crippen LogP contribution is 2.38. The van der Waals surface area contributed by atoms with E-state index in [4.69, 9.17) is 9.84 Å². The molecule has 1 aliphatic rings. The van der Waals surface area contributed by atoms with Crippen LogP contribution in [-0.2, 0) is 11.4 Å². The SMILES string of the molecule is O=C(CCO)Nc1ccc2c(c1)OCc1cnccc1-2. The molecule has 102 valence electrons. The number of anilines is 1. The molecular formula is C15H14N2O3. The van der Waals surface area contributed by atoms with Crippen molar-refractivity contribution in [2.24, 2.45) is 0 Å². The number of aromatic nitrogens is 1. The Bertz CT molecular complexity index is 655. The van der Waals surface area contributed by atoms with Gasteiger partial charge in [0.15, 0.2) is 0 Å². The van der Waals surface area contributed by atoms with Crippen molar-refractivity contribution in [2.45, 2.75) is 13.0 Å². The predicted molar refractivity (Wildman–Crippen MR) is 74.3 cm³/mol. The van der Waals surface area contributed by atoms with E-state index in [1.54, 1.807) is 18.5 Å². The molecule has 20 heavy (non-hydrogen) atoms.